The summed E-state index contributed by atoms with van der Waals surface area (Å²) in [7, 11) is 0. The third-order valence-corrected chi connectivity index (χ3v) is 1.33. The molecule has 58 valence electrons. The molecule has 0 atom stereocenters. The maximum atomic E-state index is 4.13. The van der Waals surface area contributed by atoms with Crippen molar-refractivity contribution < 1.29 is 11.0 Å². The number of thiol groups is 1. The van der Waals surface area contributed by atoms with Gasteiger partial charge >= 0.3 is 0 Å². The summed E-state index contributed by atoms with van der Waals surface area (Å²) in [6.07, 6.45) is 0. The predicted octanol–water partition coefficient (Wildman–Crippen LogP) is 0.634. The Morgan fingerprint density at radius 3 is 1.70 bits per heavy atom. The number of aryl methyl sites for hydroxylation is 1. The normalized spacial score (nSPS) is 7.40. The van der Waals surface area contributed by atoms with Gasteiger partial charge < -0.3 is 11.0 Å². The first-order valence-corrected chi connectivity index (χ1v) is 2.99. The van der Waals surface area contributed by atoms with Crippen molar-refractivity contribution in [3.8, 4) is 0 Å². The second-order valence-corrected chi connectivity index (χ2v) is 2.35. The summed E-state index contributed by atoms with van der Waals surface area (Å²) >= 11 is 4.13. The van der Waals surface area contributed by atoms with Gasteiger partial charge in [-0.2, -0.15) is 0 Å². The molecular formula is C7H12O2S. The summed E-state index contributed by atoms with van der Waals surface area (Å²) in [4.78, 5) is 1.02. The lowest BCUT2D eigenvalue weighted by Crippen LogP contribution is -1.67. The molecule has 4 N–H and O–H groups in total. The summed E-state index contributed by atoms with van der Waals surface area (Å²) < 4.78 is 0. The number of hydrogen-bond donors (Lipinski definition) is 1. The van der Waals surface area contributed by atoms with Gasteiger partial charge in [0.05, 0.1) is 0 Å². The van der Waals surface area contributed by atoms with Crippen LogP contribution in [0.2, 0.25) is 0 Å². The molecule has 1 rings (SSSR count). The maximum Gasteiger partial charge on any atom is 0.00401 e. The molecule has 10 heavy (non-hydrogen) atoms. The monoisotopic (exact) mass is 160 g/mol. The highest BCUT2D eigenvalue weighted by molar-refractivity contribution is 7.80. The van der Waals surface area contributed by atoms with Crippen molar-refractivity contribution in [2.24, 2.45) is 0 Å². The molecule has 0 heterocycles. The van der Waals surface area contributed by atoms with E-state index in [0.717, 1.165) is 4.90 Å². The molecule has 0 aromatic heterocycles. The highest BCUT2D eigenvalue weighted by Crippen LogP contribution is 2.05. The summed E-state index contributed by atoms with van der Waals surface area (Å²) in [5.41, 5.74) is 1.28. The topological polar surface area (TPSA) is 63.0 Å². The lowest BCUT2D eigenvalue weighted by Gasteiger charge is -1.89. The Bertz CT molecular complexity index is 150. The summed E-state index contributed by atoms with van der Waals surface area (Å²) in [5.74, 6) is 0. The van der Waals surface area contributed by atoms with Gasteiger partial charge in [0, 0.05) is 4.90 Å². The second-order valence-electron chi connectivity index (χ2n) is 1.84. The SMILES string of the molecule is Cc1ccc(S)cc1.O.O. The zero-order valence-electron chi connectivity index (χ0n) is 5.76. The van der Waals surface area contributed by atoms with E-state index in [0.29, 0.717) is 0 Å². The Morgan fingerprint density at radius 2 is 1.40 bits per heavy atom. The third kappa shape index (κ3) is 3.50. The van der Waals surface area contributed by atoms with Gasteiger partial charge in [0.15, 0.2) is 0 Å². The molecular weight excluding hydrogens is 148 g/mol. The zero-order chi connectivity index (χ0) is 5.98. The van der Waals surface area contributed by atoms with E-state index in [9.17, 15) is 0 Å². The molecule has 0 aliphatic rings. The van der Waals surface area contributed by atoms with Gasteiger partial charge in [-0.3, -0.25) is 0 Å². The molecule has 0 aliphatic heterocycles. The van der Waals surface area contributed by atoms with Crippen LogP contribution in [0.3, 0.4) is 0 Å². The minimum Gasteiger partial charge on any atom is -0.412 e. The van der Waals surface area contributed by atoms with E-state index in [1.807, 2.05) is 24.3 Å². The third-order valence-electron chi connectivity index (χ3n) is 1.03. The number of benzene rings is 1. The molecule has 0 radical (unpaired) electrons. The molecule has 0 amide bonds. The van der Waals surface area contributed by atoms with E-state index in [1.165, 1.54) is 5.56 Å². The van der Waals surface area contributed by atoms with Crippen molar-refractivity contribution in [1.29, 1.82) is 0 Å². The quantitative estimate of drug-likeness (QED) is 0.541. The van der Waals surface area contributed by atoms with Crippen LogP contribution in [-0.2, 0) is 0 Å². The molecule has 1 aromatic rings. The van der Waals surface area contributed by atoms with Crippen LogP contribution in [0.15, 0.2) is 29.2 Å². The highest BCUT2D eigenvalue weighted by Gasteiger charge is 1.80. The number of rotatable bonds is 0. The maximum absolute atomic E-state index is 4.13. The number of hydrogen-bond acceptors (Lipinski definition) is 1. The smallest absolute Gasteiger partial charge is 0.00401 e. The summed E-state index contributed by atoms with van der Waals surface area (Å²) in [6, 6.07) is 8.06. The lowest BCUT2D eigenvalue weighted by atomic mass is 10.2. The standard InChI is InChI=1S/C7H8S.2H2O/c1-6-2-4-7(8)5-3-6;;/h2-5,8H,1H3;2*1H2. The van der Waals surface area contributed by atoms with Crippen LogP contribution < -0.4 is 0 Å². The zero-order valence-corrected chi connectivity index (χ0v) is 6.65. The molecule has 2 nitrogen and oxygen atoms in total. The lowest BCUT2D eigenvalue weighted by molar-refractivity contribution is 0.823. The van der Waals surface area contributed by atoms with Gasteiger partial charge in [0.1, 0.15) is 0 Å². The minimum atomic E-state index is 0. The Kier molecular flexibility index (Phi) is 6.45. The fourth-order valence-corrected chi connectivity index (χ4v) is 0.694. The van der Waals surface area contributed by atoms with Gasteiger partial charge in [0.2, 0.25) is 0 Å². The van der Waals surface area contributed by atoms with E-state index in [4.69, 9.17) is 0 Å². The fraction of sp³-hybridized carbons (Fsp3) is 0.143. The van der Waals surface area contributed by atoms with Crippen LogP contribution in [-0.4, -0.2) is 11.0 Å². The van der Waals surface area contributed by atoms with E-state index in [-0.39, 0.29) is 11.0 Å². The average Bonchev–Trinajstić information content (AvgIpc) is 1.77. The molecule has 1 aromatic carbocycles. The Balaban J connectivity index is 0. The van der Waals surface area contributed by atoms with E-state index in [1.54, 1.807) is 0 Å². The molecule has 0 spiro atoms. The van der Waals surface area contributed by atoms with Crippen molar-refractivity contribution in [2.45, 2.75) is 11.8 Å². The van der Waals surface area contributed by atoms with Crippen molar-refractivity contribution in [3.63, 3.8) is 0 Å². The molecule has 0 saturated heterocycles. The van der Waals surface area contributed by atoms with Crippen molar-refractivity contribution >= 4 is 12.6 Å². The van der Waals surface area contributed by atoms with Crippen LogP contribution in [0.25, 0.3) is 0 Å². The van der Waals surface area contributed by atoms with Gasteiger partial charge in [-0.1, -0.05) is 17.7 Å². The highest BCUT2D eigenvalue weighted by atomic mass is 32.1. The van der Waals surface area contributed by atoms with E-state index in [2.05, 4.69) is 19.6 Å². The first-order chi connectivity index (χ1) is 3.79. The summed E-state index contributed by atoms with van der Waals surface area (Å²) in [5, 5.41) is 0. The van der Waals surface area contributed by atoms with Crippen LogP contribution in [0.5, 0.6) is 0 Å². The largest absolute Gasteiger partial charge is 0.412 e. The molecule has 0 unspecified atom stereocenters. The summed E-state index contributed by atoms with van der Waals surface area (Å²) in [6.45, 7) is 2.06. The van der Waals surface area contributed by atoms with Gasteiger partial charge in [-0.15, -0.1) is 12.6 Å². The Morgan fingerprint density at radius 1 is 1.00 bits per heavy atom. The molecule has 0 saturated carbocycles. The van der Waals surface area contributed by atoms with Crippen LogP contribution in [0, 0.1) is 6.92 Å². The Hall–Kier alpha value is -0.510. The van der Waals surface area contributed by atoms with Gasteiger partial charge in [-0.25, -0.2) is 0 Å². The predicted molar refractivity (Wildman–Crippen MR) is 45.7 cm³/mol. The first-order valence-electron chi connectivity index (χ1n) is 2.54. The Labute approximate surface area is 65.9 Å². The van der Waals surface area contributed by atoms with Crippen LogP contribution >= 0.6 is 12.6 Å². The van der Waals surface area contributed by atoms with Crippen LogP contribution in [0.4, 0.5) is 0 Å². The van der Waals surface area contributed by atoms with Crippen molar-refractivity contribution in [3.05, 3.63) is 29.8 Å². The molecule has 0 fully saturated rings. The van der Waals surface area contributed by atoms with E-state index >= 15 is 0 Å². The van der Waals surface area contributed by atoms with Gasteiger partial charge in [-0.05, 0) is 19.1 Å². The molecule has 0 bridgehead atoms. The molecule has 3 heteroatoms. The fourth-order valence-electron chi connectivity index (χ4n) is 0.545. The minimum absolute atomic E-state index is 0. The van der Waals surface area contributed by atoms with Crippen molar-refractivity contribution in [2.75, 3.05) is 0 Å². The average molecular weight is 160 g/mol. The van der Waals surface area contributed by atoms with Crippen molar-refractivity contribution in [1.82, 2.24) is 0 Å². The van der Waals surface area contributed by atoms with Gasteiger partial charge in [0.25, 0.3) is 0 Å². The van der Waals surface area contributed by atoms with Crippen LogP contribution in [0.1, 0.15) is 5.56 Å². The molecule has 0 aliphatic carbocycles. The first kappa shape index (κ1) is 12.2. The van der Waals surface area contributed by atoms with E-state index < -0.39 is 0 Å². The second kappa shape index (κ2) is 5.29.